The molecule has 1 fully saturated rings. The summed E-state index contributed by atoms with van der Waals surface area (Å²) < 4.78 is 35.9. The maximum absolute atomic E-state index is 13.2. The van der Waals surface area contributed by atoms with E-state index >= 15 is 0 Å². The first-order valence-electron chi connectivity index (χ1n) is 5.77. The molecule has 0 spiro atoms. The van der Waals surface area contributed by atoms with Crippen molar-refractivity contribution in [2.45, 2.75) is 19.6 Å². The van der Waals surface area contributed by atoms with E-state index in [-0.39, 0.29) is 5.69 Å². The minimum atomic E-state index is -1.35. The second kappa shape index (κ2) is 5.33. The van der Waals surface area contributed by atoms with Crippen LogP contribution in [0.4, 0.5) is 14.5 Å². The fraction of sp³-hybridized carbons (Fsp3) is 0.231. The van der Waals surface area contributed by atoms with Crippen LogP contribution >= 0.6 is 11.6 Å². The predicted octanol–water partition coefficient (Wildman–Crippen LogP) is 2.75. The third-order valence-corrected chi connectivity index (χ3v) is 2.76. The zero-order valence-electron chi connectivity index (χ0n) is 11.0. The SMILES string of the molecule is CC1(C)OC(=O)C(=CNc2cc(F)c(F)c(Cl)c2)C(=O)O1. The highest BCUT2D eigenvalue weighted by molar-refractivity contribution is 6.31. The molecule has 0 amide bonds. The van der Waals surface area contributed by atoms with Crippen molar-refractivity contribution >= 4 is 29.2 Å². The monoisotopic (exact) mass is 317 g/mol. The van der Waals surface area contributed by atoms with Gasteiger partial charge in [-0.1, -0.05) is 11.6 Å². The Morgan fingerprint density at radius 2 is 1.76 bits per heavy atom. The van der Waals surface area contributed by atoms with E-state index in [9.17, 15) is 18.4 Å². The molecule has 0 bridgehead atoms. The lowest BCUT2D eigenvalue weighted by atomic mass is 10.2. The molecule has 0 aromatic heterocycles. The Kier molecular flexibility index (Phi) is 3.87. The second-order valence-electron chi connectivity index (χ2n) is 4.64. The number of hydrogen-bond acceptors (Lipinski definition) is 5. The number of anilines is 1. The van der Waals surface area contributed by atoms with Gasteiger partial charge in [0.25, 0.3) is 5.79 Å². The summed E-state index contributed by atoms with van der Waals surface area (Å²) in [5.74, 6) is -5.49. The molecule has 8 heteroatoms. The van der Waals surface area contributed by atoms with Gasteiger partial charge in [0.1, 0.15) is 0 Å². The van der Waals surface area contributed by atoms with Gasteiger partial charge in [-0.25, -0.2) is 18.4 Å². The van der Waals surface area contributed by atoms with E-state index in [1.807, 2.05) is 0 Å². The molecule has 1 aliphatic rings. The minimum absolute atomic E-state index is 0.0526. The third kappa shape index (κ3) is 3.30. The van der Waals surface area contributed by atoms with E-state index in [2.05, 4.69) is 5.32 Å². The summed E-state index contributed by atoms with van der Waals surface area (Å²) in [7, 11) is 0. The highest BCUT2D eigenvalue weighted by Gasteiger charge is 2.38. The molecule has 1 heterocycles. The van der Waals surface area contributed by atoms with E-state index in [1.54, 1.807) is 0 Å². The van der Waals surface area contributed by atoms with Crippen molar-refractivity contribution in [1.29, 1.82) is 0 Å². The summed E-state index contributed by atoms with van der Waals surface area (Å²) in [6.07, 6.45) is 0.975. The fourth-order valence-corrected chi connectivity index (χ4v) is 1.78. The average molecular weight is 318 g/mol. The van der Waals surface area contributed by atoms with Crippen LogP contribution in [-0.4, -0.2) is 17.7 Å². The Morgan fingerprint density at radius 3 is 2.29 bits per heavy atom. The van der Waals surface area contributed by atoms with Crippen LogP contribution in [0, 0.1) is 11.6 Å². The molecular weight excluding hydrogens is 308 g/mol. The number of carbonyl (C=O) groups is 2. The van der Waals surface area contributed by atoms with Gasteiger partial charge in [-0.05, 0) is 6.07 Å². The topological polar surface area (TPSA) is 64.6 Å². The lowest BCUT2D eigenvalue weighted by molar-refractivity contribution is -0.222. The van der Waals surface area contributed by atoms with E-state index in [0.717, 1.165) is 18.3 Å². The maximum Gasteiger partial charge on any atom is 0.350 e. The molecule has 1 N–H and O–H groups in total. The number of nitrogens with one attached hydrogen (secondary N) is 1. The van der Waals surface area contributed by atoms with Crippen molar-refractivity contribution in [1.82, 2.24) is 0 Å². The maximum atomic E-state index is 13.2. The summed E-state index contributed by atoms with van der Waals surface area (Å²) in [4.78, 5) is 23.3. The fourth-order valence-electron chi connectivity index (χ4n) is 1.57. The summed E-state index contributed by atoms with van der Waals surface area (Å²) in [6.45, 7) is 2.81. The summed E-state index contributed by atoms with van der Waals surface area (Å²) in [6, 6.07) is 1.92. The lowest BCUT2D eigenvalue weighted by Crippen LogP contribution is -2.42. The normalized spacial score (nSPS) is 17.1. The number of cyclic esters (lactones) is 2. The predicted molar refractivity (Wildman–Crippen MR) is 69.3 cm³/mol. The number of hydrogen-bond donors (Lipinski definition) is 1. The summed E-state index contributed by atoms with van der Waals surface area (Å²) in [5, 5.41) is 2.02. The van der Waals surface area contributed by atoms with Gasteiger partial charge in [-0.3, -0.25) is 0 Å². The molecule has 112 valence electrons. The highest BCUT2D eigenvalue weighted by atomic mass is 35.5. The third-order valence-electron chi connectivity index (χ3n) is 2.48. The van der Waals surface area contributed by atoms with Gasteiger partial charge in [-0.2, -0.15) is 0 Å². The lowest BCUT2D eigenvalue weighted by Gasteiger charge is -2.29. The van der Waals surface area contributed by atoms with E-state index in [1.165, 1.54) is 13.8 Å². The van der Waals surface area contributed by atoms with Crippen molar-refractivity contribution in [3.63, 3.8) is 0 Å². The summed E-state index contributed by atoms with van der Waals surface area (Å²) in [5.41, 5.74) is -0.355. The standard InChI is InChI=1S/C13H10ClF2NO4/c1-13(2)20-11(18)7(12(19)21-13)5-17-6-3-8(14)10(16)9(15)4-6/h3-5,17H,1-2H3. The summed E-state index contributed by atoms with van der Waals surface area (Å²) >= 11 is 5.48. The van der Waals surface area contributed by atoms with Crippen LogP contribution < -0.4 is 5.32 Å². The van der Waals surface area contributed by atoms with Crippen LogP contribution in [0.2, 0.25) is 5.02 Å². The largest absolute Gasteiger partial charge is 0.419 e. The van der Waals surface area contributed by atoms with Gasteiger partial charge >= 0.3 is 11.9 Å². The molecule has 5 nitrogen and oxygen atoms in total. The van der Waals surface area contributed by atoms with Crippen LogP contribution in [0.15, 0.2) is 23.9 Å². The van der Waals surface area contributed by atoms with Crippen LogP contribution in [0.25, 0.3) is 0 Å². The first-order chi connectivity index (χ1) is 9.69. The minimum Gasteiger partial charge on any atom is -0.419 e. The van der Waals surface area contributed by atoms with Crippen LogP contribution in [0.5, 0.6) is 0 Å². The Labute approximate surface area is 123 Å². The highest BCUT2D eigenvalue weighted by Crippen LogP contribution is 2.25. The smallest absolute Gasteiger partial charge is 0.350 e. The van der Waals surface area contributed by atoms with Gasteiger partial charge in [0, 0.05) is 31.8 Å². The molecule has 1 aromatic carbocycles. The molecule has 1 aliphatic heterocycles. The van der Waals surface area contributed by atoms with Gasteiger partial charge in [0.05, 0.1) is 5.02 Å². The molecule has 0 aliphatic carbocycles. The quantitative estimate of drug-likeness (QED) is 0.393. The second-order valence-corrected chi connectivity index (χ2v) is 5.04. The number of carbonyl (C=O) groups excluding carboxylic acids is 2. The molecule has 1 saturated heterocycles. The van der Waals surface area contributed by atoms with Crippen LogP contribution in [0.3, 0.4) is 0 Å². The number of esters is 2. The number of ether oxygens (including phenoxy) is 2. The first kappa shape index (κ1) is 15.2. The zero-order valence-corrected chi connectivity index (χ0v) is 11.8. The van der Waals surface area contributed by atoms with Gasteiger partial charge < -0.3 is 14.8 Å². The van der Waals surface area contributed by atoms with Gasteiger partial charge in [0.2, 0.25) is 0 Å². The molecule has 0 unspecified atom stereocenters. The van der Waals surface area contributed by atoms with Crippen molar-refractivity contribution in [3.05, 3.63) is 40.6 Å². The Balaban J connectivity index is 2.22. The molecular formula is C13H10ClF2NO4. The van der Waals surface area contributed by atoms with Crippen molar-refractivity contribution in [3.8, 4) is 0 Å². The molecule has 0 radical (unpaired) electrons. The number of benzene rings is 1. The molecule has 0 atom stereocenters. The van der Waals surface area contributed by atoms with Gasteiger partial charge in [0.15, 0.2) is 17.2 Å². The number of halogens is 3. The Morgan fingerprint density at radius 1 is 1.19 bits per heavy atom. The molecule has 21 heavy (non-hydrogen) atoms. The van der Waals surface area contributed by atoms with Gasteiger partial charge in [-0.15, -0.1) is 0 Å². The average Bonchev–Trinajstić information content (AvgIpc) is 2.33. The van der Waals surface area contributed by atoms with Crippen LogP contribution in [-0.2, 0) is 19.1 Å². The van der Waals surface area contributed by atoms with E-state index in [0.29, 0.717) is 0 Å². The Bertz CT molecular complexity index is 613. The Hall–Kier alpha value is -2.15. The zero-order chi connectivity index (χ0) is 15.8. The van der Waals surface area contributed by atoms with Crippen molar-refractivity contribution in [2.24, 2.45) is 0 Å². The van der Waals surface area contributed by atoms with E-state index < -0.39 is 40.0 Å². The number of rotatable bonds is 2. The van der Waals surface area contributed by atoms with E-state index in [4.69, 9.17) is 21.1 Å². The first-order valence-corrected chi connectivity index (χ1v) is 6.15. The van der Waals surface area contributed by atoms with Crippen molar-refractivity contribution < 1.29 is 27.8 Å². The van der Waals surface area contributed by atoms with Crippen LogP contribution in [0.1, 0.15) is 13.8 Å². The van der Waals surface area contributed by atoms with Crippen molar-refractivity contribution in [2.75, 3.05) is 5.32 Å². The molecule has 0 saturated carbocycles. The molecule has 1 aromatic rings. The molecule has 2 rings (SSSR count).